The van der Waals surface area contributed by atoms with Crippen LogP contribution in [0.15, 0.2) is 78.9 Å². The maximum absolute atomic E-state index is 12.3. The number of nitro groups is 1. The van der Waals surface area contributed by atoms with Crippen molar-refractivity contribution in [3.05, 3.63) is 100 Å². The zero-order chi connectivity index (χ0) is 20.8. The van der Waals surface area contributed by atoms with Gasteiger partial charge in [0, 0.05) is 34.6 Å². The van der Waals surface area contributed by atoms with Gasteiger partial charge in [-0.1, -0.05) is 30.3 Å². The smallest absolute Gasteiger partial charge is 0.308 e. The molecule has 0 unspecified atom stereocenters. The molecule has 0 fully saturated rings. The lowest BCUT2D eigenvalue weighted by atomic mass is 10.0. The summed E-state index contributed by atoms with van der Waals surface area (Å²) in [6.07, 6.45) is 0. The number of hydrogen-bond acceptors (Lipinski definition) is 5. The summed E-state index contributed by atoms with van der Waals surface area (Å²) < 4.78 is 0. The minimum atomic E-state index is -0.641. The Morgan fingerprint density at radius 1 is 0.655 bits per heavy atom. The maximum atomic E-state index is 12.3. The van der Waals surface area contributed by atoms with Gasteiger partial charge in [-0.3, -0.25) is 19.7 Å². The molecule has 0 aromatic heterocycles. The number of Topliss-reactive ketones (excluding diaryl/α,β-unsaturated/α-hetero) is 2. The number of nitro benzene ring substituents is 1. The van der Waals surface area contributed by atoms with Gasteiger partial charge in [0.05, 0.1) is 4.92 Å². The number of ketones is 2. The number of anilines is 2. The molecule has 0 bridgehead atoms. The Kier molecular flexibility index (Phi) is 5.74. The average molecular weight is 389 g/mol. The Morgan fingerprint density at radius 2 is 1.10 bits per heavy atom. The van der Waals surface area contributed by atoms with Crippen molar-refractivity contribution < 1.29 is 19.3 Å². The van der Waals surface area contributed by atoms with E-state index in [2.05, 4.69) is 10.6 Å². The third-order valence-corrected chi connectivity index (χ3v) is 3.98. The van der Waals surface area contributed by atoms with Gasteiger partial charge < -0.3 is 10.6 Å². The van der Waals surface area contributed by atoms with E-state index < -0.39 is 22.5 Å². The van der Waals surface area contributed by atoms with Gasteiger partial charge in [-0.25, -0.2) is 4.79 Å². The Hall–Kier alpha value is -4.33. The van der Waals surface area contributed by atoms with Crippen LogP contribution in [0.25, 0.3) is 0 Å². The molecular formula is C21H15N3O5. The molecule has 0 radical (unpaired) electrons. The van der Waals surface area contributed by atoms with E-state index in [0.29, 0.717) is 16.9 Å². The van der Waals surface area contributed by atoms with Gasteiger partial charge in [-0.2, -0.15) is 0 Å². The second-order valence-electron chi connectivity index (χ2n) is 5.98. The highest BCUT2D eigenvalue weighted by atomic mass is 16.6. The lowest BCUT2D eigenvalue weighted by Gasteiger charge is -2.08. The molecule has 0 saturated heterocycles. The number of urea groups is 1. The second-order valence-corrected chi connectivity index (χ2v) is 5.98. The molecule has 29 heavy (non-hydrogen) atoms. The lowest BCUT2D eigenvalue weighted by Crippen LogP contribution is -2.19. The van der Waals surface area contributed by atoms with Crippen molar-refractivity contribution in [2.75, 3.05) is 10.6 Å². The molecule has 0 saturated carbocycles. The Morgan fingerprint density at radius 3 is 1.59 bits per heavy atom. The molecule has 0 atom stereocenters. The summed E-state index contributed by atoms with van der Waals surface area (Å²) >= 11 is 0. The number of hydrogen-bond donors (Lipinski definition) is 2. The zero-order valence-corrected chi connectivity index (χ0v) is 15.0. The summed E-state index contributed by atoms with van der Waals surface area (Å²) in [6, 6.07) is 19.0. The molecule has 0 aliphatic heterocycles. The number of benzene rings is 3. The van der Waals surface area contributed by atoms with Crippen molar-refractivity contribution in [3.8, 4) is 0 Å². The van der Waals surface area contributed by atoms with Crippen molar-refractivity contribution >= 4 is 34.7 Å². The molecule has 3 rings (SSSR count). The van der Waals surface area contributed by atoms with E-state index in [1.807, 2.05) is 0 Å². The van der Waals surface area contributed by atoms with Crippen LogP contribution in [0, 0.1) is 10.1 Å². The first-order valence-electron chi connectivity index (χ1n) is 8.50. The van der Waals surface area contributed by atoms with E-state index in [1.54, 1.807) is 30.3 Å². The normalized spacial score (nSPS) is 10.1. The van der Waals surface area contributed by atoms with Gasteiger partial charge in [0.25, 0.3) is 5.69 Å². The number of rotatable bonds is 6. The molecule has 0 aliphatic rings. The van der Waals surface area contributed by atoms with Gasteiger partial charge in [0.15, 0.2) is 0 Å². The fraction of sp³-hybridized carbons (Fsp3) is 0. The van der Waals surface area contributed by atoms with Gasteiger partial charge >= 0.3 is 6.03 Å². The summed E-state index contributed by atoms with van der Waals surface area (Å²) in [6.45, 7) is 0. The van der Waals surface area contributed by atoms with Crippen LogP contribution in [-0.4, -0.2) is 22.5 Å². The first kappa shape index (κ1) is 19.4. The largest absolute Gasteiger partial charge is 0.323 e. The summed E-state index contributed by atoms with van der Waals surface area (Å²) in [4.78, 5) is 46.6. The number of amides is 2. The highest BCUT2D eigenvalue weighted by Gasteiger charge is 2.18. The summed E-state index contributed by atoms with van der Waals surface area (Å²) in [5.41, 5.74) is 1.23. The van der Waals surface area contributed by atoms with Crippen LogP contribution in [-0.2, 0) is 0 Å². The monoisotopic (exact) mass is 389 g/mol. The highest BCUT2D eigenvalue weighted by molar-refractivity contribution is 6.49. The van der Waals surface area contributed by atoms with Crippen LogP contribution < -0.4 is 10.6 Å². The van der Waals surface area contributed by atoms with E-state index in [4.69, 9.17) is 0 Å². The molecule has 3 aromatic rings. The predicted molar refractivity (Wildman–Crippen MR) is 107 cm³/mol. The van der Waals surface area contributed by atoms with Crippen LogP contribution in [0.4, 0.5) is 21.9 Å². The van der Waals surface area contributed by atoms with Crippen molar-refractivity contribution in [2.45, 2.75) is 0 Å². The Bertz CT molecular complexity index is 1060. The van der Waals surface area contributed by atoms with Crippen molar-refractivity contribution in [3.63, 3.8) is 0 Å². The van der Waals surface area contributed by atoms with Crippen molar-refractivity contribution in [1.82, 2.24) is 0 Å². The SMILES string of the molecule is O=C(Nc1ccc(C(=O)C(=O)c2ccccc2)cc1)Nc1ccc([N+](=O)[O-])cc1. The number of nitrogens with zero attached hydrogens (tertiary/aromatic N) is 1. The quantitative estimate of drug-likeness (QED) is 0.282. The summed E-state index contributed by atoms with van der Waals surface area (Å²) in [5, 5.41) is 15.7. The van der Waals surface area contributed by atoms with Gasteiger partial charge in [-0.05, 0) is 36.4 Å². The van der Waals surface area contributed by atoms with E-state index in [9.17, 15) is 24.5 Å². The van der Waals surface area contributed by atoms with Crippen LogP contribution in [0.3, 0.4) is 0 Å². The van der Waals surface area contributed by atoms with E-state index in [1.165, 1.54) is 48.5 Å². The topological polar surface area (TPSA) is 118 Å². The molecule has 0 aliphatic carbocycles. The average Bonchev–Trinajstić information content (AvgIpc) is 2.74. The molecule has 8 nitrogen and oxygen atoms in total. The molecule has 2 N–H and O–H groups in total. The number of carbonyl (C=O) groups is 3. The molecule has 0 heterocycles. The fourth-order valence-corrected chi connectivity index (χ4v) is 2.52. The number of carbonyl (C=O) groups excluding carboxylic acids is 3. The summed E-state index contributed by atoms with van der Waals surface area (Å²) in [5.74, 6) is -1.25. The second kappa shape index (κ2) is 8.57. The van der Waals surface area contributed by atoms with Crippen LogP contribution >= 0.6 is 0 Å². The molecule has 144 valence electrons. The number of nitrogens with one attached hydrogen (secondary N) is 2. The Balaban J connectivity index is 1.61. The first-order chi connectivity index (χ1) is 13.9. The third-order valence-electron chi connectivity index (χ3n) is 3.98. The molecule has 3 aromatic carbocycles. The van der Waals surface area contributed by atoms with Crippen molar-refractivity contribution in [2.24, 2.45) is 0 Å². The van der Waals surface area contributed by atoms with E-state index in [-0.39, 0.29) is 11.3 Å². The zero-order valence-electron chi connectivity index (χ0n) is 15.0. The van der Waals surface area contributed by atoms with Gasteiger partial charge in [0.2, 0.25) is 11.6 Å². The molecule has 2 amide bonds. The fourth-order valence-electron chi connectivity index (χ4n) is 2.52. The van der Waals surface area contributed by atoms with Crippen LogP contribution in [0.5, 0.6) is 0 Å². The Labute approximate surface area is 165 Å². The summed E-state index contributed by atoms with van der Waals surface area (Å²) in [7, 11) is 0. The van der Waals surface area contributed by atoms with Crippen LogP contribution in [0.2, 0.25) is 0 Å². The number of non-ortho nitro benzene ring substituents is 1. The van der Waals surface area contributed by atoms with Crippen LogP contribution in [0.1, 0.15) is 20.7 Å². The lowest BCUT2D eigenvalue weighted by molar-refractivity contribution is -0.384. The maximum Gasteiger partial charge on any atom is 0.323 e. The standard InChI is InChI=1S/C21H15N3O5/c25-19(14-4-2-1-3-5-14)20(26)15-6-8-16(9-7-15)22-21(27)23-17-10-12-18(13-11-17)24(28)29/h1-13H,(H2,22,23,27). The first-order valence-corrected chi connectivity index (χ1v) is 8.50. The minimum Gasteiger partial charge on any atom is -0.308 e. The van der Waals surface area contributed by atoms with Crippen molar-refractivity contribution in [1.29, 1.82) is 0 Å². The minimum absolute atomic E-state index is 0.0822. The van der Waals surface area contributed by atoms with Gasteiger partial charge in [0.1, 0.15) is 0 Å². The predicted octanol–water partition coefficient (Wildman–Crippen LogP) is 4.30. The highest BCUT2D eigenvalue weighted by Crippen LogP contribution is 2.17. The molecule has 8 heteroatoms. The van der Waals surface area contributed by atoms with E-state index >= 15 is 0 Å². The van der Waals surface area contributed by atoms with E-state index in [0.717, 1.165) is 0 Å². The third kappa shape index (κ3) is 4.89. The van der Waals surface area contributed by atoms with Gasteiger partial charge in [-0.15, -0.1) is 0 Å². The molecular weight excluding hydrogens is 374 g/mol. The molecule has 0 spiro atoms.